The molecule has 4 N–H and O–H groups in total. The van der Waals surface area contributed by atoms with Gasteiger partial charge in [0, 0.05) is 27.0 Å². The molecule has 50 heavy (non-hydrogen) atoms. The molecule has 19 heteroatoms. The monoisotopic (exact) mass is 708 g/mol. The molecule has 0 radical (unpaired) electrons. The Bertz CT molecular complexity index is 2410. The predicted octanol–water partition coefficient (Wildman–Crippen LogP) is 6.59. The molecule has 3 aromatic carbocycles. The number of ketones is 1. The first kappa shape index (κ1) is 30.7. The summed E-state index contributed by atoms with van der Waals surface area (Å²) < 4.78 is 2.13. The zero-order valence-corrected chi connectivity index (χ0v) is 26.5. The van der Waals surface area contributed by atoms with Crippen molar-refractivity contribution < 1.29 is 24.6 Å². The van der Waals surface area contributed by atoms with Crippen LogP contribution in [0.2, 0.25) is 10.0 Å². The highest BCUT2D eigenvalue weighted by Crippen LogP contribution is 2.50. The number of imidazole rings is 2. The van der Waals surface area contributed by atoms with Gasteiger partial charge in [0.15, 0.2) is 5.78 Å². The number of amides is 4. The minimum Gasteiger partial charge on any atom is -0.493 e. The highest BCUT2D eigenvalue weighted by atomic mass is 35.5. The molecule has 246 valence electrons. The molecule has 4 heterocycles. The summed E-state index contributed by atoms with van der Waals surface area (Å²) in [6, 6.07) is 17.6. The predicted molar refractivity (Wildman–Crippen MR) is 179 cm³/mol. The van der Waals surface area contributed by atoms with Gasteiger partial charge in [-0.05, 0) is 60.5 Å². The number of carbonyl (C=O) groups is 3. The number of aromatic hydroxyl groups is 2. The number of azo groups is 2. The zero-order valence-electron chi connectivity index (χ0n) is 25.0. The molecule has 2 aliphatic heterocycles. The Labute approximate surface area is 289 Å². The molecule has 0 bridgehead atoms. The van der Waals surface area contributed by atoms with Crippen molar-refractivity contribution in [3.8, 4) is 11.8 Å². The lowest BCUT2D eigenvalue weighted by atomic mass is 9.79. The van der Waals surface area contributed by atoms with Crippen molar-refractivity contribution in [2.24, 2.45) is 30.4 Å². The van der Waals surface area contributed by atoms with Gasteiger partial charge in [0.25, 0.3) is 23.7 Å². The minimum atomic E-state index is -1.95. The Morgan fingerprint density at radius 1 is 0.760 bits per heavy atom. The number of aromatic nitrogens is 4. The molecule has 0 unspecified atom stereocenters. The molecular weight excluding hydrogens is 691 g/mol. The van der Waals surface area contributed by atoms with E-state index in [1.165, 1.54) is 0 Å². The summed E-state index contributed by atoms with van der Waals surface area (Å²) in [7, 11) is 0. The molecule has 17 nitrogen and oxygen atoms in total. The Morgan fingerprint density at radius 3 is 1.96 bits per heavy atom. The van der Waals surface area contributed by atoms with Crippen molar-refractivity contribution in [3.63, 3.8) is 0 Å². The molecule has 0 fully saturated rings. The number of halogens is 2. The number of nitrogens with one attached hydrogen (secondary N) is 2. The number of carbonyl (C=O) groups excluding carboxylic acids is 3. The molecule has 0 saturated carbocycles. The molecule has 1 atom stereocenters. The fourth-order valence-electron chi connectivity index (χ4n) is 5.84. The normalized spacial score (nSPS) is 18.5. The lowest BCUT2D eigenvalue weighted by molar-refractivity contribution is 0.0918. The van der Waals surface area contributed by atoms with Gasteiger partial charge in [-0.1, -0.05) is 47.5 Å². The van der Waals surface area contributed by atoms with Crippen LogP contribution in [0.3, 0.4) is 0 Å². The van der Waals surface area contributed by atoms with Gasteiger partial charge >= 0.3 is 12.1 Å². The summed E-state index contributed by atoms with van der Waals surface area (Å²) in [5.74, 6) is -3.09. The van der Waals surface area contributed by atoms with Crippen LogP contribution in [0.4, 0.5) is 32.7 Å². The fourth-order valence-corrected chi connectivity index (χ4v) is 6.09. The SMILES string of the molecule is O=C(N=C1N=Nc2nc([C@]3(c4nc(O)c5n4C(=NC(=O)Nc4ccc(Cl)cc4)N=N5)Cc4ccccc4C3=O)c(O)n21)Nc1ccc(Cl)cc1. The maximum absolute atomic E-state index is 14.5. The Balaban J connectivity index is 1.23. The number of rotatable bonds is 4. The van der Waals surface area contributed by atoms with E-state index in [4.69, 9.17) is 23.2 Å². The van der Waals surface area contributed by atoms with Crippen LogP contribution < -0.4 is 10.6 Å². The van der Waals surface area contributed by atoms with E-state index in [0.717, 1.165) is 9.13 Å². The Hall–Kier alpha value is -6.59. The lowest BCUT2D eigenvalue weighted by Crippen LogP contribution is -2.39. The average Bonchev–Trinajstić information content (AvgIpc) is 3.90. The molecule has 2 aromatic heterocycles. The minimum absolute atomic E-state index is 0.104. The summed E-state index contributed by atoms with van der Waals surface area (Å²) in [5, 5.41) is 44.4. The number of Topliss-reactive ketones (excluding diaryl/α,β-unsaturated/α-hetero) is 1. The first-order valence-electron chi connectivity index (χ1n) is 14.5. The van der Waals surface area contributed by atoms with Gasteiger partial charge in [-0.3, -0.25) is 4.79 Å². The van der Waals surface area contributed by atoms with E-state index in [9.17, 15) is 24.6 Å². The highest BCUT2D eigenvalue weighted by molar-refractivity contribution is 6.31. The van der Waals surface area contributed by atoms with E-state index in [0.29, 0.717) is 32.5 Å². The number of fused-ring (bicyclic) bond motifs is 3. The third kappa shape index (κ3) is 4.91. The molecule has 0 saturated heterocycles. The first-order valence-corrected chi connectivity index (χ1v) is 15.3. The molecule has 4 amide bonds. The second-order valence-corrected chi connectivity index (χ2v) is 11.9. The van der Waals surface area contributed by atoms with E-state index in [1.54, 1.807) is 72.8 Å². The van der Waals surface area contributed by atoms with Crippen LogP contribution in [0.15, 0.2) is 103 Å². The van der Waals surface area contributed by atoms with Crippen molar-refractivity contribution in [2.75, 3.05) is 10.6 Å². The number of hydrogen-bond acceptors (Lipinski definition) is 9. The van der Waals surface area contributed by atoms with Gasteiger partial charge in [-0.2, -0.15) is 15.0 Å². The highest BCUT2D eigenvalue weighted by Gasteiger charge is 2.57. The average molecular weight is 709 g/mol. The first-order chi connectivity index (χ1) is 24.1. The third-order valence-corrected chi connectivity index (χ3v) is 8.52. The molecule has 3 aliphatic rings. The number of anilines is 2. The van der Waals surface area contributed by atoms with E-state index < -0.39 is 35.0 Å². The van der Waals surface area contributed by atoms with Crippen LogP contribution in [0.25, 0.3) is 0 Å². The summed E-state index contributed by atoms with van der Waals surface area (Å²) >= 11 is 11.9. The summed E-state index contributed by atoms with van der Waals surface area (Å²) in [4.78, 5) is 57.0. The van der Waals surface area contributed by atoms with Crippen molar-refractivity contribution in [3.05, 3.63) is 105 Å². The second kappa shape index (κ2) is 11.5. The van der Waals surface area contributed by atoms with E-state index in [-0.39, 0.29) is 41.6 Å². The molecule has 0 spiro atoms. The fraction of sp³-hybridized carbons (Fsp3) is 0.0645. The summed E-state index contributed by atoms with van der Waals surface area (Å²) in [5.41, 5.74) is -0.549. The number of urea groups is 2. The maximum Gasteiger partial charge on any atom is 0.348 e. The van der Waals surface area contributed by atoms with E-state index in [2.05, 4.69) is 51.0 Å². The van der Waals surface area contributed by atoms with Gasteiger partial charge in [0.1, 0.15) is 16.9 Å². The largest absolute Gasteiger partial charge is 0.493 e. The van der Waals surface area contributed by atoms with E-state index in [1.807, 2.05) is 0 Å². The van der Waals surface area contributed by atoms with Gasteiger partial charge in [0.2, 0.25) is 11.7 Å². The van der Waals surface area contributed by atoms with Crippen LogP contribution in [-0.4, -0.2) is 59.1 Å². The smallest absolute Gasteiger partial charge is 0.348 e. The molecule has 8 rings (SSSR count). The van der Waals surface area contributed by atoms with Crippen LogP contribution in [-0.2, 0) is 11.8 Å². The van der Waals surface area contributed by atoms with Crippen molar-refractivity contribution >= 4 is 76.1 Å². The van der Waals surface area contributed by atoms with E-state index >= 15 is 0 Å². The summed E-state index contributed by atoms with van der Waals surface area (Å²) in [6.45, 7) is 0. The van der Waals surface area contributed by atoms with Crippen LogP contribution in [0.1, 0.15) is 27.4 Å². The van der Waals surface area contributed by atoms with Gasteiger partial charge < -0.3 is 20.8 Å². The van der Waals surface area contributed by atoms with Crippen molar-refractivity contribution in [1.29, 1.82) is 0 Å². The lowest BCUT2D eigenvalue weighted by Gasteiger charge is -2.25. The number of benzene rings is 3. The standard InChI is InChI=1S/C31H18Cl2N12O5/c32-15-5-9-17(10-6-15)34-29(49)38-27-41-40-22-23(47)37-25(44(22)27)31(13-14-3-1-2-4-19(14)21(31)46)20-24(48)45-26(36-20)42-43-28(45)39-30(50)35-18-11-7-16(33)8-12-18/h1-12,47-48H,13H2,(H,34,49)(H,35,50)/t31-/m1/s1. The van der Waals surface area contributed by atoms with Crippen LogP contribution in [0.5, 0.6) is 11.8 Å². The summed E-state index contributed by atoms with van der Waals surface area (Å²) in [6.07, 6.45) is -0.104. The van der Waals surface area contributed by atoms with Gasteiger partial charge in [-0.15, -0.1) is 20.5 Å². The van der Waals surface area contributed by atoms with Crippen molar-refractivity contribution in [2.45, 2.75) is 11.8 Å². The number of aliphatic imine (C=N–C) groups is 2. The molecule has 5 aromatic rings. The second-order valence-electron chi connectivity index (χ2n) is 11.0. The Morgan fingerprint density at radius 2 is 1.34 bits per heavy atom. The van der Waals surface area contributed by atoms with Crippen LogP contribution in [0, 0.1) is 0 Å². The van der Waals surface area contributed by atoms with Gasteiger partial charge in [-0.25, -0.2) is 23.7 Å². The van der Waals surface area contributed by atoms with Crippen molar-refractivity contribution in [1.82, 2.24) is 19.1 Å². The maximum atomic E-state index is 14.5. The van der Waals surface area contributed by atoms with Gasteiger partial charge in [0.05, 0.1) is 0 Å². The Kier molecular flexibility index (Phi) is 7.09. The third-order valence-electron chi connectivity index (χ3n) is 8.02. The number of nitrogens with zero attached hydrogens (tertiary/aromatic N) is 10. The quantitative estimate of drug-likeness (QED) is 0.160. The van der Waals surface area contributed by atoms with Crippen LogP contribution >= 0.6 is 23.2 Å². The number of hydrogen-bond donors (Lipinski definition) is 4. The molecule has 1 aliphatic carbocycles. The molecular formula is C31H18Cl2N12O5. The zero-order chi connectivity index (χ0) is 34.7. The topological polar surface area (TPSA) is 226 Å².